The van der Waals surface area contributed by atoms with Gasteiger partial charge in [-0.1, -0.05) is 0 Å². The molecule has 0 saturated heterocycles. The fourth-order valence-electron chi connectivity index (χ4n) is 1.22. The van der Waals surface area contributed by atoms with E-state index in [1.807, 2.05) is 0 Å². The molecule has 104 valence electrons. The average Bonchev–Trinajstić information content (AvgIpc) is 2.26. The highest BCUT2D eigenvalue weighted by Gasteiger charge is 2.31. The molecule has 0 aliphatic heterocycles. The zero-order valence-corrected chi connectivity index (χ0v) is 11.6. The molecule has 19 heavy (non-hydrogen) atoms. The van der Waals surface area contributed by atoms with Gasteiger partial charge in [0.15, 0.2) is 14.9 Å². The SMILES string of the molecule is C[N+](C)(C(N)=O)c1cc(C(N)=O)cc(S(C)(=O)=O)n1. The van der Waals surface area contributed by atoms with E-state index in [2.05, 4.69) is 4.98 Å². The summed E-state index contributed by atoms with van der Waals surface area (Å²) >= 11 is 0. The van der Waals surface area contributed by atoms with Crippen LogP contribution >= 0.6 is 0 Å². The highest BCUT2D eigenvalue weighted by molar-refractivity contribution is 7.90. The third kappa shape index (κ3) is 3.06. The molecular formula is C10H15N4O4S+. The summed E-state index contributed by atoms with van der Waals surface area (Å²) in [5, 5.41) is -0.341. The van der Waals surface area contributed by atoms with Gasteiger partial charge in [0.05, 0.1) is 14.1 Å². The van der Waals surface area contributed by atoms with Crippen molar-refractivity contribution in [3.8, 4) is 0 Å². The van der Waals surface area contributed by atoms with Crippen LogP contribution in [0.4, 0.5) is 10.6 Å². The van der Waals surface area contributed by atoms with Crippen LogP contribution in [0.5, 0.6) is 0 Å². The Kier molecular flexibility index (Phi) is 3.64. The van der Waals surface area contributed by atoms with Crippen LogP contribution in [-0.4, -0.2) is 45.7 Å². The van der Waals surface area contributed by atoms with Crippen molar-refractivity contribution in [2.75, 3.05) is 20.4 Å². The van der Waals surface area contributed by atoms with Gasteiger partial charge in [0, 0.05) is 17.9 Å². The molecule has 0 aliphatic carbocycles. The van der Waals surface area contributed by atoms with Gasteiger partial charge >= 0.3 is 6.03 Å². The van der Waals surface area contributed by atoms with Crippen LogP contribution in [0, 0.1) is 0 Å². The van der Waals surface area contributed by atoms with E-state index in [4.69, 9.17) is 11.5 Å². The molecule has 9 heteroatoms. The molecule has 0 unspecified atom stereocenters. The second-order valence-electron chi connectivity index (χ2n) is 4.48. The summed E-state index contributed by atoms with van der Waals surface area (Å²) in [6.45, 7) is 0. The Bertz CT molecular complexity index is 651. The minimum absolute atomic E-state index is 0.0178. The van der Waals surface area contributed by atoms with Crippen LogP contribution in [0.25, 0.3) is 0 Å². The van der Waals surface area contributed by atoms with E-state index in [-0.39, 0.29) is 16.4 Å². The van der Waals surface area contributed by atoms with Crippen LogP contribution in [0.3, 0.4) is 0 Å². The lowest BCUT2D eigenvalue weighted by Gasteiger charge is -2.22. The van der Waals surface area contributed by atoms with Gasteiger partial charge in [-0.2, -0.15) is 9.47 Å². The molecule has 8 nitrogen and oxygen atoms in total. The number of nitrogens with two attached hydrogens (primary N) is 2. The van der Waals surface area contributed by atoms with Crippen LogP contribution in [0.2, 0.25) is 0 Å². The second kappa shape index (κ2) is 4.59. The Balaban J connectivity index is 3.63. The van der Waals surface area contributed by atoms with Gasteiger partial charge in [-0.05, 0) is 6.07 Å². The molecule has 1 aromatic rings. The zero-order valence-electron chi connectivity index (χ0n) is 10.7. The standard InChI is InChI=1S/C10H14N4O4S/c1-14(2,10(12)16)7-4-6(9(11)15)5-8(13-7)19(3,17)18/h4-5H,1-3H3,(H3-,11,12,15,16)/p+1. The summed E-state index contributed by atoms with van der Waals surface area (Å²) in [4.78, 5) is 26.4. The van der Waals surface area contributed by atoms with Crippen molar-refractivity contribution in [2.45, 2.75) is 5.03 Å². The Morgan fingerprint density at radius 3 is 2.11 bits per heavy atom. The van der Waals surface area contributed by atoms with E-state index in [9.17, 15) is 18.0 Å². The molecule has 0 spiro atoms. The van der Waals surface area contributed by atoms with E-state index < -0.39 is 26.3 Å². The van der Waals surface area contributed by atoms with Gasteiger partial charge in [0.1, 0.15) is 0 Å². The summed E-state index contributed by atoms with van der Waals surface area (Å²) < 4.78 is 22.5. The molecule has 0 aliphatic rings. The lowest BCUT2D eigenvalue weighted by molar-refractivity contribution is 0.0999. The van der Waals surface area contributed by atoms with Crippen molar-refractivity contribution in [1.82, 2.24) is 9.47 Å². The topological polar surface area (TPSA) is 133 Å². The molecule has 1 heterocycles. The van der Waals surface area contributed by atoms with Crippen molar-refractivity contribution in [3.63, 3.8) is 0 Å². The number of carbonyl (C=O) groups is 2. The molecule has 0 saturated carbocycles. The van der Waals surface area contributed by atoms with Gasteiger partial charge in [0.25, 0.3) is 0 Å². The average molecular weight is 287 g/mol. The minimum Gasteiger partial charge on any atom is -0.366 e. The van der Waals surface area contributed by atoms with Crippen LogP contribution in [0.15, 0.2) is 17.2 Å². The molecule has 0 aromatic carbocycles. The maximum atomic E-state index is 11.5. The van der Waals surface area contributed by atoms with Crippen LogP contribution in [0.1, 0.15) is 10.4 Å². The molecule has 0 bridgehead atoms. The Hall–Kier alpha value is -2.00. The van der Waals surface area contributed by atoms with E-state index >= 15 is 0 Å². The molecule has 3 amide bonds. The summed E-state index contributed by atoms with van der Waals surface area (Å²) in [5.74, 6) is -0.803. The Labute approximate surface area is 110 Å². The van der Waals surface area contributed by atoms with Gasteiger partial charge < -0.3 is 11.5 Å². The number of carbonyl (C=O) groups excluding carboxylic acids is 2. The quantitative estimate of drug-likeness (QED) is 0.704. The fraction of sp³-hybridized carbons (Fsp3) is 0.300. The zero-order chi connectivity index (χ0) is 15.0. The highest BCUT2D eigenvalue weighted by atomic mass is 32.2. The Morgan fingerprint density at radius 2 is 1.74 bits per heavy atom. The molecule has 0 atom stereocenters. The number of sulfone groups is 1. The number of pyridine rings is 1. The van der Waals surface area contributed by atoms with Gasteiger partial charge in [0.2, 0.25) is 11.7 Å². The van der Waals surface area contributed by atoms with Gasteiger partial charge in [-0.3, -0.25) is 4.79 Å². The second-order valence-corrected chi connectivity index (χ2v) is 6.44. The summed E-state index contributed by atoms with van der Waals surface area (Å²) in [6.07, 6.45) is 0.939. The number of primary amides is 2. The van der Waals surface area contributed by atoms with Crippen LogP contribution in [-0.2, 0) is 9.84 Å². The third-order valence-electron chi connectivity index (χ3n) is 2.58. The largest absolute Gasteiger partial charge is 0.419 e. The number of hydrogen-bond donors (Lipinski definition) is 2. The Morgan fingerprint density at radius 1 is 1.21 bits per heavy atom. The number of aromatic nitrogens is 1. The van der Waals surface area contributed by atoms with Crippen molar-refractivity contribution in [3.05, 3.63) is 17.7 Å². The van der Waals surface area contributed by atoms with E-state index in [0.717, 1.165) is 12.3 Å². The molecule has 0 fully saturated rings. The summed E-state index contributed by atoms with van der Waals surface area (Å²) in [7, 11) is -0.812. The first-order valence-corrected chi connectivity index (χ1v) is 7.02. The molecule has 0 radical (unpaired) electrons. The number of nitrogens with zero attached hydrogens (tertiary/aromatic N) is 2. The maximum absolute atomic E-state index is 11.5. The first kappa shape index (κ1) is 15.1. The minimum atomic E-state index is -3.65. The number of rotatable bonds is 3. The maximum Gasteiger partial charge on any atom is 0.419 e. The highest BCUT2D eigenvalue weighted by Crippen LogP contribution is 2.21. The van der Waals surface area contributed by atoms with Gasteiger partial charge in [-0.25, -0.2) is 13.2 Å². The molecule has 1 aromatic heterocycles. The third-order valence-corrected chi connectivity index (χ3v) is 3.55. The van der Waals surface area contributed by atoms with Crippen LogP contribution < -0.4 is 16.0 Å². The number of urea groups is 1. The molecule has 4 N–H and O–H groups in total. The van der Waals surface area contributed by atoms with Crippen molar-refractivity contribution in [2.24, 2.45) is 11.5 Å². The van der Waals surface area contributed by atoms with E-state index in [0.29, 0.717) is 0 Å². The lowest BCUT2D eigenvalue weighted by Crippen LogP contribution is -2.51. The predicted molar refractivity (Wildman–Crippen MR) is 69.1 cm³/mol. The fourth-order valence-corrected chi connectivity index (χ4v) is 1.82. The van der Waals surface area contributed by atoms with E-state index in [1.165, 1.54) is 20.2 Å². The first-order chi connectivity index (χ1) is 8.46. The smallest absolute Gasteiger partial charge is 0.366 e. The normalized spacial score (nSPS) is 12.2. The number of quaternary nitrogens is 1. The predicted octanol–water partition coefficient (Wildman–Crippen LogP) is -0.770. The van der Waals surface area contributed by atoms with Crippen molar-refractivity contribution >= 4 is 27.6 Å². The first-order valence-electron chi connectivity index (χ1n) is 5.12. The van der Waals surface area contributed by atoms with E-state index in [1.54, 1.807) is 0 Å². The van der Waals surface area contributed by atoms with Crippen molar-refractivity contribution < 1.29 is 18.0 Å². The molecule has 1 rings (SSSR count). The van der Waals surface area contributed by atoms with Crippen molar-refractivity contribution in [1.29, 1.82) is 0 Å². The summed E-state index contributed by atoms with van der Waals surface area (Å²) in [6, 6.07) is 1.54. The molecular weight excluding hydrogens is 272 g/mol. The number of hydrogen-bond acceptors (Lipinski definition) is 5. The summed E-state index contributed by atoms with van der Waals surface area (Å²) in [5.41, 5.74) is 10.3. The monoisotopic (exact) mass is 287 g/mol. The lowest BCUT2D eigenvalue weighted by atomic mass is 10.2. The number of amides is 3. The van der Waals surface area contributed by atoms with Gasteiger partial charge in [-0.15, -0.1) is 0 Å².